The van der Waals surface area contributed by atoms with Gasteiger partial charge in [-0.2, -0.15) is 0 Å². The van der Waals surface area contributed by atoms with Crippen LogP contribution in [0.15, 0.2) is 24.3 Å². The molecule has 1 aliphatic heterocycles. The van der Waals surface area contributed by atoms with Gasteiger partial charge in [-0.05, 0) is 51.3 Å². The quantitative estimate of drug-likeness (QED) is 0.865. The van der Waals surface area contributed by atoms with Gasteiger partial charge in [0.05, 0.1) is 6.04 Å². The lowest BCUT2D eigenvalue weighted by atomic mass is 9.99. The first kappa shape index (κ1) is 17.2. The first-order valence-corrected chi connectivity index (χ1v) is 7.66. The van der Waals surface area contributed by atoms with Gasteiger partial charge >= 0.3 is 12.1 Å². The molecule has 1 aromatic carbocycles. The van der Waals surface area contributed by atoms with Crippen LogP contribution < -0.4 is 5.32 Å². The van der Waals surface area contributed by atoms with E-state index in [9.17, 15) is 14.0 Å². The van der Waals surface area contributed by atoms with E-state index in [0.29, 0.717) is 19.3 Å². The van der Waals surface area contributed by atoms with Crippen LogP contribution >= 0.6 is 0 Å². The van der Waals surface area contributed by atoms with Crippen LogP contribution in [0.5, 0.6) is 0 Å². The molecular formula is C17H22FNO4. The van der Waals surface area contributed by atoms with E-state index in [1.54, 1.807) is 32.9 Å². The van der Waals surface area contributed by atoms with Crippen molar-refractivity contribution in [3.05, 3.63) is 35.6 Å². The number of carbonyl (C=O) groups is 2. The van der Waals surface area contributed by atoms with E-state index in [2.05, 4.69) is 5.32 Å². The number of esters is 1. The van der Waals surface area contributed by atoms with E-state index in [0.717, 1.165) is 5.56 Å². The number of hydrogen-bond acceptors (Lipinski definition) is 4. The molecule has 2 atom stereocenters. The van der Waals surface area contributed by atoms with Gasteiger partial charge in [-0.25, -0.2) is 9.18 Å². The third-order valence-corrected chi connectivity index (χ3v) is 3.44. The lowest BCUT2D eigenvalue weighted by molar-refractivity contribution is -0.142. The molecule has 0 aliphatic carbocycles. The number of carbonyl (C=O) groups excluding carboxylic acids is 2. The first-order chi connectivity index (χ1) is 10.7. The average Bonchev–Trinajstić information content (AvgIpc) is 2.85. The number of alkyl carbamates (subject to hydrolysis) is 1. The Morgan fingerprint density at radius 2 is 2.04 bits per heavy atom. The van der Waals surface area contributed by atoms with Crippen molar-refractivity contribution in [2.75, 3.05) is 0 Å². The van der Waals surface area contributed by atoms with E-state index in [4.69, 9.17) is 9.47 Å². The van der Waals surface area contributed by atoms with Crippen LogP contribution in [-0.4, -0.2) is 29.8 Å². The Kier molecular flexibility index (Phi) is 5.23. The predicted octanol–water partition coefficient (Wildman–Crippen LogP) is 2.97. The summed E-state index contributed by atoms with van der Waals surface area (Å²) in [6.45, 7) is 5.32. The van der Waals surface area contributed by atoms with Crippen LogP contribution in [0.1, 0.15) is 39.2 Å². The van der Waals surface area contributed by atoms with E-state index in [1.165, 1.54) is 12.1 Å². The summed E-state index contributed by atoms with van der Waals surface area (Å²) >= 11 is 0. The largest absolute Gasteiger partial charge is 0.460 e. The van der Waals surface area contributed by atoms with Crippen LogP contribution in [0.2, 0.25) is 0 Å². The minimum Gasteiger partial charge on any atom is -0.460 e. The lowest BCUT2D eigenvalue weighted by Gasteiger charge is -2.26. The van der Waals surface area contributed by atoms with Crippen molar-refractivity contribution in [1.82, 2.24) is 5.32 Å². The van der Waals surface area contributed by atoms with Gasteiger partial charge in [-0.1, -0.05) is 12.1 Å². The van der Waals surface area contributed by atoms with Gasteiger partial charge in [-0.3, -0.25) is 4.79 Å². The summed E-state index contributed by atoms with van der Waals surface area (Å²) in [6.07, 6.45) is 0.339. The minimum absolute atomic E-state index is 0.273. The molecular weight excluding hydrogens is 301 g/mol. The number of nitrogens with one attached hydrogen (secondary N) is 1. The molecule has 5 nitrogen and oxygen atoms in total. The highest BCUT2D eigenvalue weighted by molar-refractivity contribution is 5.72. The van der Waals surface area contributed by atoms with Crippen molar-refractivity contribution in [3.63, 3.8) is 0 Å². The molecule has 0 unspecified atom stereocenters. The molecule has 1 heterocycles. The Bertz CT molecular complexity index is 565. The summed E-state index contributed by atoms with van der Waals surface area (Å²) in [6, 6.07) is 5.61. The molecule has 0 radical (unpaired) electrons. The van der Waals surface area contributed by atoms with Crippen LogP contribution in [0.3, 0.4) is 0 Å². The van der Waals surface area contributed by atoms with E-state index in [1.807, 2.05) is 0 Å². The van der Waals surface area contributed by atoms with Gasteiger partial charge in [0.1, 0.15) is 17.5 Å². The Morgan fingerprint density at radius 1 is 1.39 bits per heavy atom. The van der Waals surface area contributed by atoms with Crippen LogP contribution in [0.4, 0.5) is 9.18 Å². The van der Waals surface area contributed by atoms with Crippen molar-refractivity contribution in [2.24, 2.45) is 0 Å². The Labute approximate surface area is 135 Å². The summed E-state index contributed by atoms with van der Waals surface area (Å²) in [4.78, 5) is 23.4. The number of cyclic esters (lactones) is 1. The third-order valence-electron chi connectivity index (χ3n) is 3.44. The predicted molar refractivity (Wildman–Crippen MR) is 82.4 cm³/mol. The van der Waals surface area contributed by atoms with Crippen molar-refractivity contribution >= 4 is 12.1 Å². The Hall–Kier alpha value is -2.11. The lowest BCUT2D eigenvalue weighted by Crippen LogP contribution is -2.46. The fraction of sp³-hybridized carbons (Fsp3) is 0.529. The summed E-state index contributed by atoms with van der Waals surface area (Å²) in [7, 11) is 0. The molecule has 1 N–H and O–H groups in total. The molecule has 0 saturated carbocycles. The maximum absolute atomic E-state index is 13.0. The van der Waals surface area contributed by atoms with Gasteiger partial charge < -0.3 is 14.8 Å². The topological polar surface area (TPSA) is 64.6 Å². The molecule has 2 rings (SSSR count). The van der Waals surface area contributed by atoms with Gasteiger partial charge in [-0.15, -0.1) is 0 Å². The zero-order valence-corrected chi connectivity index (χ0v) is 13.6. The van der Waals surface area contributed by atoms with Gasteiger partial charge in [0.2, 0.25) is 0 Å². The second-order valence-electron chi connectivity index (χ2n) is 6.65. The van der Waals surface area contributed by atoms with Gasteiger partial charge in [0, 0.05) is 6.42 Å². The number of ether oxygens (including phenoxy) is 2. The SMILES string of the molecule is CC(C)(C)OC(=O)N[C@@H](Cc1ccc(F)cc1)[C@@H]1CCC(=O)O1. The standard InChI is InChI=1S/C17H22FNO4/c1-17(2,3)23-16(21)19-13(14-8-9-15(20)22-14)10-11-4-6-12(18)7-5-11/h4-7,13-14H,8-10H2,1-3H3,(H,19,21)/t13-,14-/m0/s1. The zero-order chi connectivity index (χ0) is 17.0. The van der Waals surface area contributed by atoms with Crippen molar-refractivity contribution in [1.29, 1.82) is 0 Å². The van der Waals surface area contributed by atoms with Crippen molar-refractivity contribution < 1.29 is 23.5 Å². The highest BCUT2D eigenvalue weighted by Crippen LogP contribution is 2.20. The molecule has 126 valence electrons. The smallest absolute Gasteiger partial charge is 0.408 e. The summed E-state index contributed by atoms with van der Waals surface area (Å²) in [5.41, 5.74) is 0.229. The number of hydrogen-bond donors (Lipinski definition) is 1. The average molecular weight is 323 g/mol. The molecule has 23 heavy (non-hydrogen) atoms. The minimum atomic E-state index is -0.614. The third kappa shape index (κ3) is 5.54. The Balaban J connectivity index is 2.06. The molecule has 1 fully saturated rings. The van der Waals surface area contributed by atoms with E-state index in [-0.39, 0.29) is 11.8 Å². The second kappa shape index (κ2) is 6.98. The maximum atomic E-state index is 13.0. The fourth-order valence-electron chi connectivity index (χ4n) is 2.44. The van der Waals surface area contributed by atoms with Crippen LogP contribution in [0, 0.1) is 5.82 Å². The van der Waals surface area contributed by atoms with Crippen molar-refractivity contribution in [2.45, 2.75) is 57.8 Å². The zero-order valence-electron chi connectivity index (χ0n) is 13.6. The number of amides is 1. The van der Waals surface area contributed by atoms with Gasteiger partial charge in [0.25, 0.3) is 0 Å². The molecule has 0 aromatic heterocycles. The molecule has 1 aromatic rings. The number of rotatable bonds is 4. The first-order valence-electron chi connectivity index (χ1n) is 7.66. The number of benzene rings is 1. The summed E-state index contributed by atoms with van der Waals surface area (Å²) in [5, 5.41) is 2.77. The van der Waals surface area contributed by atoms with Crippen molar-refractivity contribution in [3.8, 4) is 0 Å². The van der Waals surface area contributed by atoms with Crippen LogP contribution in [-0.2, 0) is 20.7 Å². The van der Waals surface area contributed by atoms with Crippen LogP contribution in [0.25, 0.3) is 0 Å². The maximum Gasteiger partial charge on any atom is 0.408 e. The molecule has 1 aliphatic rings. The second-order valence-corrected chi connectivity index (χ2v) is 6.65. The molecule has 0 bridgehead atoms. The molecule has 1 saturated heterocycles. The number of halogens is 1. The molecule has 6 heteroatoms. The Morgan fingerprint density at radius 3 is 2.57 bits per heavy atom. The molecule has 1 amide bonds. The summed E-state index contributed by atoms with van der Waals surface area (Å²) in [5.74, 6) is -0.595. The van der Waals surface area contributed by atoms with Gasteiger partial charge in [0.15, 0.2) is 0 Å². The normalized spacial score (nSPS) is 19.1. The highest BCUT2D eigenvalue weighted by Gasteiger charge is 2.33. The van der Waals surface area contributed by atoms with E-state index < -0.39 is 23.8 Å². The highest BCUT2D eigenvalue weighted by atomic mass is 19.1. The summed E-state index contributed by atoms with van der Waals surface area (Å²) < 4.78 is 23.5. The molecule has 0 spiro atoms. The monoisotopic (exact) mass is 323 g/mol. The van der Waals surface area contributed by atoms with E-state index >= 15 is 0 Å². The fourth-order valence-corrected chi connectivity index (χ4v) is 2.44.